The molecule has 0 aliphatic heterocycles. The molecule has 0 saturated carbocycles. The van der Waals surface area contributed by atoms with E-state index in [0.717, 1.165) is 42.5 Å². The Morgan fingerprint density at radius 1 is 0.329 bits per heavy atom. The fourth-order valence-corrected chi connectivity index (χ4v) is 11.7. The number of nitrogens with two attached hydrogens (primary N) is 2. The summed E-state index contributed by atoms with van der Waals surface area (Å²) >= 11 is 0. The molecule has 0 radical (unpaired) electrons. The summed E-state index contributed by atoms with van der Waals surface area (Å²) in [5.74, 6) is -1.35. The van der Waals surface area contributed by atoms with Crippen molar-refractivity contribution in [2.45, 2.75) is 24.5 Å². The molecule has 0 bridgehead atoms. The number of nitrogen functional groups attached to an aromatic ring is 2. The predicted octanol–water partition coefficient (Wildman–Crippen LogP) is 12.5. The van der Waals surface area contributed by atoms with Gasteiger partial charge in [-0.15, -0.1) is 30.7 Å². The van der Waals surface area contributed by atoms with Gasteiger partial charge >= 0.3 is 0 Å². The lowest BCUT2D eigenvalue weighted by Gasteiger charge is -2.11. The van der Waals surface area contributed by atoms with Gasteiger partial charge in [0.2, 0.25) is 0 Å². The molecule has 0 aromatic heterocycles. The molecular weight excluding hydrogens is 1210 g/mol. The molecule has 85 heavy (non-hydrogen) atoms. The highest BCUT2D eigenvalue weighted by Gasteiger charge is 2.25. The van der Waals surface area contributed by atoms with Crippen LogP contribution in [-0.2, 0) is 50.6 Å². The summed E-state index contributed by atoms with van der Waals surface area (Å²) in [5, 5.41) is 58.7. The maximum atomic E-state index is 12.8. The number of fused-ring (bicyclic) bond motifs is 4. The zero-order valence-electron chi connectivity index (χ0n) is 42.4. The number of rotatable bonds is 15. The van der Waals surface area contributed by atoms with E-state index in [-0.39, 0.29) is 100.0 Å². The number of phenols is 2. The van der Waals surface area contributed by atoms with Gasteiger partial charge in [-0.3, -0.25) is 22.8 Å². The van der Waals surface area contributed by atoms with Gasteiger partial charge in [0.15, 0.2) is 11.5 Å². The van der Waals surface area contributed by atoms with Crippen LogP contribution in [0.4, 0.5) is 68.2 Å². The first kappa shape index (κ1) is 58.4. The molecule has 0 unspecified atom stereocenters. The number of phenolic OH excluding ortho intramolecular Hbond substituents is 2. The largest absolute Gasteiger partial charge is 0.505 e. The molecule has 0 aliphatic rings. The van der Waals surface area contributed by atoms with Gasteiger partial charge in [0.05, 0.1) is 49.6 Å². The van der Waals surface area contributed by atoms with Crippen LogP contribution in [-0.4, -0.2) is 75.1 Å². The molecule has 0 fully saturated rings. The van der Waals surface area contributed by atoms with Crippen molar-refractivity contribution in [3.05, 3.63) is 152 Å². The Morgan fingerprint density at radius 2 is 0.753 bits per heavy atom. The number of azo groups is 4. The summed E-state index contributed by atoms with van der Waals surface area (Å²) in [4.78, 5) is -3.42. The van der Waals surface area contributed by atoms with Crippen molar-refractivity contribution in [3.8, 4) is 11.5 Å². The Morgan fingerprint density at radius 3 is 1.26 bits per heavy atom. The second kappa shape index (κ2) is 21.7. The average molecular weight is 1250 g/mol. The van der Waals surface area contributed by atoms with E-state index in [1.165, 1.54) is 109 Å². The molecule has 33 heteroatoms. The molecule has 432 valence electrons. The van der Waals surface area contributed by atoms with Crippen molar-refractivity contribution in [1.29, 1.82) is 0 Å². The van der Waals surface area contributed by atoms with E-state index < -0.39 is 97.9 Å². The lowest BCUT2D eigenvalue weighted by molar-refractivity contribution is 0.472. The second-order valence-electron chi connectivity index (χ2n) is 18.3. The van der Waals surface area contributed by atoms with E-state index in [1.54, 1.807) is 0 Å². The third-order valence-corrected chi connectivity index (χ3v) is 17.0. The summed E-state index contributed by atoms with van der Waals surface area (Å²) in [6.07, 6.45) is 0. The van der Waals surface area contributed by atoms with E-state index in [2.05, 4.69) is 46.2 Å². The highest BCUT2D eigenvalue weighted by atomic mass is 32.2. The molecule has 0 aliphatic carbocycles. The number of anilines is 4. The van der Waals surface area contributed by atoms with Crippen LogP contribution in [0, 0.1) is 0 Å². The fourth-order valence-electron chi connectivity index (χ4n) is 8.66. The molecule has 12 N–H and O–H groups in total. The highest BCUT2D eigenvalue weighted by molar-refractivity contribution is 7.87. The third-order valence-electron chi connectivity index (χ3n) is 12.6. The Hall–Kier alpha value is -9.81. The number of nitrogens with one attached hydrogen (secondary N) is 1. The number of benzene rings is 10. The quantitative estimate of drug-likeness (QED) is 0.0259. The van der Waals surface area contributed by atoms with E-state index >= 15 is 0 Å². The monoisotopic (exact) mass is 1250 g/mol. The molecule has 10 aromatic carbocycles. The van der Waals surface area contributed by atoms with E-state index in [9.17, 15) is 75.1 Å². The van der Waals surface area contributed by atoms with Crippen molar-refractivity contribution in [2.24, 2.45) is 40.9 Å². The summed E-state index contributed by atoms with van der Waals surface area (Å²) in [7, 11) is -24.6. The molecule has 10 aromatic rings. The van der Waals surface area contributed by atoms with Gasteiger partial charge in [-0.05, 0) is 144 Å². The van der Waals surface area contributed by atoms with E-state index in [1.807, 2.05) is 0 Å². The minimum atomic E-state index is -5.02. The van der Waals surface area contributed by atoms with Crippen LogP contribution in [0.3, 0.4) is 0 Å². The van der Waals surface area contributed by atoms with Crippen LogP contribution in [0.25, 0.3) is 43.1 Å². The number of nitrogens with zero attached hydrogens (tertiary/aromatic N) is 8. The first-order valence-electron chi connectivity index (χ1n) is 23.7. The highest BCUT2D eigenvalue weighted by Crippen LogP contribution is 2.46. The third kappa shape index (κ3) is 12.3. The van der Waals surface area contributed by atoms with Gasteiger partial charge in [-0.1, -0.05) is 18.2 Å². The van der Waals surface area contributed by atoms with Crippen LogP contribution in [0.1, 0.15) is 0 Å². The molecule has 28 nitrogen and oxygen atoms in total. The predicted molar refractivity (Wildman–Crippen MR) is 310 cm³/mol. The van der Waals surface area contributed by atoms with Gasteiger partial charge in [-0.25, -0.2) is 0 Å². The molecule has 0 saturated heterocycles. The van der Waals surface area contributed by atoms with Gasteiger partial charge in [-0.2, -0.15) is 52.3 Å². The molecular formula is C52H37N11O17S5. The summed E-state index contributed by atoms with van der Waals surface area (Å²) < 4.78 is 174. The Bertz CT molecular complexity index is 5250. The zero-order chi connectivity index (χ0) is 61.1. The number of aromatic hydroxyl groups is 2. The number of hydrogen-bond acceptors (Lipinski definition) is 23. The van der Waals surface area contributed by atoms with Gasteiger partial charge in [0.1, 0.15) is 26.1 Å². The Balaban J connectivity index is 0.924. The standard InChI is InChI=1S/C52H37N11O17S5/c53-28-3-11-35-27(19-28)21-48(85(78,79)80)49(51(35)64)62-60-41-16-18-44(40-25-34(82(69,70)71)10-13-37(40)41)59-57-32-8-14-45(46(23-32)83(72,73)74)55-30-4-6-31(7-5-30)56-58-43-17-15-42(36-12-9-33(24-39(36)43)81(66,67)68)61-63-50-47(84(75,76)77)20-26-1-2-29(54)22-38(26)52(50)65/h1-25,55,64-65H,53-54H2,(H,66,67,68)(H,69,70,71)(H,72,73,74)(H,75,76,77)(H,78,79,80). The lowest BCUT2D eigenvalue weighted by Crippen LogP contribution is -2.03. The Kier molecular flexibility index (Phi) is 14.9. The Labute approximate surface area is 479 Å². The average Bonchev–Trinajstić information content (AvgIpc) is 1.84. The van der Waals surface area contributed by atoms with Crippen LogP contribution < -0.4 is 16.8 Å². The van der Waals surface area contributed by atoms with Crippen LogP contribution in [0.2, 0.25) is 0 Å². The fraction of sp³-hybridized carbons (Fsp3) is 0. The molecule has 0 heterocycles. The maximum absolute atomic E-state index is 12.8. The van der Waals surface area contributed by atoms with Crippen molar-refractivity contribution >= 4 is 162 Å². The van der Waals surface area contributed by atoms with Gasteiger partial charge < -0.3 is 27.0 Å². The van der Waals surface area contributed by atoms with Crippen molar-refractivity contribution in [2.75, 3.05) is 16.8 Å². The van der Waals surface area contributed by atoms with Crippen LogP contribution in [0.15, 0.2) is 217 Å². The SMILES string of the molecule is Nc1ccc2c(O)c(N=Nc3ccc(N=Nc4ccc(Nc5ccc(N=Nc6ccc(N=Nc7c(S(=O)(=O)O)cc8ccc(N)cc8c7O)c7ccc(S(=O)(=O)O)cc67)cc5)c(S(=O)(=O)O)c4)c4cc(S(=O)(=O)O)ccc34)c(S(=O)(=O)O)cc2c1. The van der Waals surface area contributed by atoms with Crippen molar-refractivity contribution < 1.29 is 75.1 Å². The van der Waals surface area contributed by atoms with Crippen LogP contribution in [0.5, 0.6) is 11.5 Å². The molecule has 0 amide bonds. The van der Waals surface area contributed by atoms with Gasteiger partial charge in [0, 0.05) is 49.4 Å². The molecule has 0 spiro atoms. The first-order valence-corrected chi connectivity index (χ1v) is 30.9. The van der Waals surface area contributed by atoms with Crippen LogP contribution >= 0.6 is 0 Å². The minimum Gasteiger partial charge on any atom is -0.505 e. The summed E-state index contributed by atoms with van der Waals surface area (Å²) in [5.41, 5.74) is 10.8. The smallest absolute Gasteiger partial charge is 0.296 e. The maximum Gasteiger partial charge on any atom is 0.296 e. The normalized spacial score (nSPS) is 13.0. The molecule has 0 atom stereocenters. The minimum absolute atomic E-state index is 0.0194. The number of hydrogen-bond donors (Lipinski definition) is 10. The topological polar surface area (TPSA) is 475 Å². The van der Waals surface area contributed by atoms with Crippen molar-refractivity contribution in [3.63, 3.8) is 0 Å². The second-order valence-corrected chi connectivity index (χ2v) is 25.3. The van der Waals surface area contributed by atoms with E-state index in [4.69, 9.17) is 11.5 Å². The first-order chi connectivity index (χ1) is 39.9. The van der Waals surface area contributed by atoms with E-state index in [0.29, 0.717) is 0 Å². The zero-order valence-corrected chi connectivity index (χ0v) is 46.5. The summed E-state index contributed by atoms with van der Waals surface area (Å²) in [6.45, 7) is 0. The lowest BCUT2D eigenvalue weighted by atomic mass is 10.1. The van der Waals surface area contributed by atoms with Crippen molar-refractivity contribution in [1.82, 2.24) is 0 Å². The molecule has 10 rings (SSSR count). The van der Waals surface area contributed by atoms with Gasteiger partial charge in [0.25, 0.3) is 50.6 Å². The summed E-state index contributed by atoms with van der Waals surface area (Å²) in [6, 6.07) is 31.6.